The van der Waals surface area contributed by atoms with E-state index in [1.54, 1.807) is 18.2 Å². The summed E-state index contributed by atoms with van der Waals surface area (Å²) >= 11 is 0. The van der Waals surface area contributed by atoms with E-state index in [1.165, 1.54) is 13.0 Å². The van der Waals surface area contributed by atoms with Crippen LogP contribution in [0.25, 0.3) is 16.7 Å². The van der Waals surface area contributed by atoms with Crippen LogP contribution in [0, 0.1) is 6.92 Å². The molecule has 1 atom stereocenters. The number of carbonyl (C=O) groups excluding carboxylic acids is 1. The Morgan fingerprint density at radius 1 is 1.19 bits per heavy atom. The average Bonchev–Trinajstić information content (AvgIpc) is 3.15. The normalized spacial score (nSPS) is 17.8. The minimum absolute atomic E-state index is 0.0526. The second kappa shape index (κ2) is 9.49. The predicted octanol–water partition coefficient (Wildman–Crippen LogP) is 4.01. The van der Waals surface area contributed by atoms with Gasteiger partial charge in [-0.15, -0.1) is 0 Å². The topological polar surface area (TPSA) is 88.1 Å². The van der Waals surface area contributed by atoms with Crippen molar-refractivity contribution in [3.05, 3.63) is 80.4 Å². The van der Waals surface area contributed by atoms with Crippen molar-refractivity contribution in [1.29, 1.82) is 0 Å². The number of fused-ring (bicyclic) bond motifs is 1. The zero-order chi connectivity index (χ0) is 27.1. The summed E-state index contributed by atoms with van der Waals surface area (Å²) in [7, 11) is 0. The SMILES string of the molecule is CCOC(=O)c1cn(-c2ccc3c(c2)nc(C)n3CC)c(=O)n(CC2=CC=CC(F)(C(F)(F)F)C2)c1=O. The molecule has 2 aromatic heterocycles. The van der Waals surface area contributed by atoms with Crippen LogP contribution in [-0.2, 0) is 17.8 Å². The van der Waals surface area contributed by atoms with Crippen molar-refractivity contribution in [2.24, 2.45) is 0 Å². The van der Waals surface area contributed by atoms with Crippen molar-refractivity contribution in [2.75, 3.05) is 6.61 Å². The van der Waals surface area contributed by atoms with Gasteiger partial charge in [0.25, 0.3) is 5.56 Å². The van der Waals surface area contributed by atoms with E-state index in [0.29, 0.717) is 22.7 Å². The van der Waals surface area contributed by atoms with Crippen LogP contribution < -0.4 is 11.2 Å². The van der Waals surface area contributed by atoms with Crippen LogP contribution in [0.5, 0.6) is 0 Å². The summed E-state index contributed by atoms with van der Waals surface area (Å²) in [6, 6.07) is 4.92. The van der Waals surface area contributed by atoms with Crippen molar-refractivity contribution in [3.8, 4) is 5.69 Å². The Hall–Kier alpha value is -3.96. The smallest absolute Gasteiger partial charge is 0.426 e. The third kappa shape index (κ3) is 4.63. The summed E-state index contributed by atoms with van der Waals surface area (Å²) < 4.78 is 62.9. The molecule has 12 heteroatoms. The van der Waals surface area contributed by atoms with E-state index in [-0.39, 0.29) is 17.9 Å². The van der Waals surface area contributed by atoms with E-state index in [2.05, 4.69) is 4.98 Å². The van der Waals surface area contributed by atoms with E-state index in [9.17, 15) is 31.9 Å². The number of carbonyl (C=O) groups is 1. The number of alkyl halides is 4. The maximum Gasteiger partial charge on any atom is 0.426 e. The van der Waals surface area contributed by atoms with Gasteiger partial charge in [0.2, 0.25) is 5.67 Å². The van der Waals surface area contributed by atoms with E-state index in [1.807, 2.05) is 18.4 Å². The number of aromatic nitrogens is 4. The van der Waals surface area contributed by atoms with Crippen molar-refractivity contribution in [2.45, 2.75) is 52.1 Å². The standard InChI is InChI=1S/C25H24F4N4O4/c1-4-31-15(3)30-19-11-17(8-9-20(19)31)32-14-18(22(35)37-5-2)21(34)33(23(32)36)13-16-7-6-10-24(26,12-16)25(27,28)29/h6-11,14H,4-5,12-13H2,1-3H3. The van der Waals surface area contributed by atoms with Crippen molar-refractivity contribution in [1.82, 2.24) is 18.7 Å². The Kier molecular flexibility index (Phi) is 6.70. The lowest BCUT2D eigenvalue weighted by Crippen LogP contribution is -2.44. The molecule has 1 aliphatic carbocycles. The first-order chi connectivity index (χ1) is 17.4. The molecule has 0 amide bonds. The number of halogens is 4. The van der Waals surface area contributed by atoms with E-state index >= 15 is 0 Å². The largest absolute Gasteiger partial charge is 0.462 e. The molecule has 37 heavy (non-hydrogen) atoms. The highest BCUT2D eigenvalue weighted by molar-refractivity contribution is 5.88. The highest BCUT2D eigenvalue weighted by atomic mass is 19.4. The summed E-state index contributed by atoms with van der Waals surface area (Å²) in [6.07, 6.45) is -2.75. The van der Waals surface area contributed by atoms with E-state index in [0.717, 1.165) is 28.2 Å². The first kappa shape index (κ1) is 26.1. The number of esters is 1. The minimum atomic E-state index is -5.18. The van der Waals surface area contributed by atoms with Gasteiger partial charge in [-0.2, -0.15) is 13.2 Å². The highest BCUT2D eigenvalue weighted by Gasteiger charge is 2.54. The zero-order valence-electron chi connectivity index (χ0n) is 20.3. The molecule has 0 spiro atoms. The van der Waals surface area contributed by atoms with Gasteiger partial charge in [0, 0.05) is 19.2 Å². The zero-order valence-corrected chi connectivity index (χ0v) is 20.3. The molecule has 1 aliphatic rings. The molecule has 0 saturated heterocycles. The maximum absolute atomic E-state index is 14.6. The Morgan fingerprint density at radius 2 is 1.92 bits per heavy atom. The Balaban J connectivity index is 1.86. The summed E-state index contributed by atoms with van der Waals surface area (Å²) in [5.41, 5.74) is -4.62. The highest BCUT2D eigenvalue weighted by Crippen LogP contribution is 2.41. The number of aryl methyl sites for hydroxylation is 2. The van der Waals surface area contributed by atoms with Crippen LogP contribution in [0.4, 0.5) is 17.6 Å². The minimum Gasteiger partial charge on any atom is -0.462 e. The van der Waals surface area contributed by atoms with Crippen LogP contribution in [0.1, 0.15) is 36.5 Å². The summed E-state index contributed by atoms with van der Waals surface area (Å²) in [4.78, 5) is 43.5. The molecule has 8 nitrogen and oxygen atoms in total. The Morgan fingerprint density at radius 3 is 2.57 bits per heavy atom. The molecule has 4 rings (SSSR count). The number of ether oxygens (including phenoxy) is 1. The van der Waals surface area contributed by atoms with Crippen LogP contribution in [0.2, 0.25) is 0 Å². The number of hydrogen-bond donors (Lipinski definition) is 0. The number of allylic oxidation sites excluding steroid dienone is 4. The van der Waals surface area contributed by atoms with Crippen LogP contribution in [0.15, 0.2) is 57.8 Å². The molecule has 196 valence electrons. The van der Waals surface area contributed by atoms with Crippen molar-refractivity contribution >= 4 is 17.0 Å². The van der Waals surface area contributed by atoms with Gasteiger partial charge in [0.1, 0.15) is 11.4 Å². The number of rotatable bonds is 6. The second-order valence-electron chi connectivity index (χ2n) is 8.60. The molecule has 1 unspecified atom stereocenters. The molecule has 0 saturated carbocycles. The summed E-state index contributed by atoms with van der Waals surface area (Å²) in [5, 5.41) is 0. The maximum atomic E-state index is 14.6. The van der Waals surface area contributed by atoms with Gasteiger partial charge < -0.3 is 9.30 Å². The third-order valence-electron chi connectivity index (χ3n) is 6.19. The number of nitrogens with zero attached hydrogens (tertiary/aromatic N) is 4. The average molecular weight is 520 g/mol. The summed E-state index contributed by atoms with van der Waals surface area (Å²) in [6.45, 7) is 5.27. The molecule has 0 fully saturated rings. The van der Waals surface area contributed by atoms with Gasteiger partial charge in [0.05, 0.1) is 29.9 Å². The Bertz CT molecular complexity index is 1560. The van der Waals surface area contributed by atoms with Crippen LogP contribution in [-0.4, -0.2) is 43.1 Å². The van der Waals surface area contributed by atoms with Gasteiger partial charge >= 0.3 is 17.8 Å². The molecule has 0 aliphatic heterocycles. The van der Waals surface area contributed by atoms with Gasteiger partial charge in [-0.25, -0.2) is 19.0 Å². The lowest BCUT2D eigenvalue weighted by atomic mass is 9.90. The fraction of sp³-hybridized carbons (Fsp3) is 0.360. The van der Waals surface area contributed by atoms with Crippen molar-refractivity contribution < 1.29 is 27.1 Å². The molecule has 0 radical (unpaired) electrons. The Labute approximate surface area is 208 Å². The number of hydrogen-bond acceptors (Lipinski definition) is 5. The lowest BCUT2D eigenvalue weighted by molar-refractivity contribution is -0.211. The van der Waals surface area contributed by atoms with Gasteiger partial charge in [-0.3, -0.25) is 13.9 Å². The fourth-order valence-electron chi connectivity index (χ4n) is 4.35. The third-order valence-corrected chi connectivity index (χ3v) is 6.19. The van der Waals surface area contributed by atoms with Gasteiger partial charge in [-0.05, 0) is 50.6 Å². The van der Waals surface area contributed by atoms with Crippen LogP contribution in [0.3, 0.4) is 0 Å². The molecule has 0 N–H and O–H groups in total. The summed E-state index contributed by atoms with van der Waals surface area (Å²) in [5.74, 6) is -0.259. The number of benzene rings is 1. The lowest BCUT2D eigenvalue weighted by Gasteiger charge is -2.28. The predicted molar refractivity (Wildman–Crippen MR) is 128 cm³/mol. The molecular formula is C25H24F4N4O4. The van der Waals surface area contributed by atoms with E-state index in [4.69, 9.17) is 4.74 Å². The van der Waals surface area contributed by atoms with E-state index < -0.39 is 47.6 Å². The molecule has 2 heterocycles. The first-order valence-electron chi connectivity index (χ1n) is 11.5. The van der Waals surface area contributed by atoms with Gasteiger partial charge in [-0.1, -0.05) is 12.2 Å². The molecule has 0 bridgehead atoms. The number of imidazole rings is 1. The first-order valence-corrected chi connectivity index (χ1v) is 11.5. The monoisotopic (exact) mass is 520 g/mol. The molecule has 3 aromatic rings. The molecule has 1 aromatic carbocycles. The fourth-order valence-corrected chi connectivity index (χ4v) is 4.35. The quantitative estimate of drug-likeness (QED) is 0.362. The molecular weight excluding hydrogens is 496 g/mol. The second-order valence-corrected chi connectivity index (χ2v) is 8.60. The van der Waals surface area contributed by atoms with Crippen LogP contribution >= 0.6 is 0 Å². The van der Waals surface area contributed by atoms with Crippen molar-refractivity contribution in [3.63, 3.8) is 0 Å². The van der Waals surface area contributed by atoms with Gasteiger partial charge in [0.15, 0.2) is 0 Å².